The van der Waals surface area contributed by atoms with Crippen LogP contribution in [0.25, 0.3) is 0 Å². The molecule has 0 bridgehead atoms. The van der Waals surface area contributed by atoms with E-state index in [1.807, 2.05) is 0 Å². The first-order chi connectivity index (χ1) is 12.4. The fourth-order valence-corrected chi connectivity index (χ4v) is 3.94. The van der Waals surface area contributed by atoms with Gasteiger partial charge in [-0.3, -0.25) is 15.0 Å². The number of hydrogen-bond donors (Lipinski definition) is 1. The van der Waals surface area contributed by atoms with Crippen LogP contribution in [0.1, 0.15) is 12.8 Å². The van der Waals surface area contributed by atoms with E-state index in [-0.39, 0.29) is 10.7 Å². The number of nitro groups is 1. The number of hydrogen-bond acceptors (Lipinski definition) is 5. The molecule has 2 aliphatic rings. The average Bonchev–Trinajstić information content (AvgIpc) is 2.62. The molecule has 0 atom stereocenters. The summed E-state index contributed by atoms with van der Waals surface area (Å²) in [6.45, 7) is 5.80. The minimum atomic E-state index is -0.821. The number of halogens is 1. The first kappa shape index (κ1) is 18.7. The predicted octanol–water partition coefficient (Wildman–Crippen LogP) is 2.76. The van der Waals surface area contributed by atoms with Crippen LogP contribution >= 0.6 is 11.6 Å². The van der Waals surface area contributed by atoms with Gasteiger partial charge in [-0.25, -0.2) is 4.79 Å². The summed E-state index contributed by atoms with van der Waals surface area (Å²) in [4.78, 5) is 27.5. The molecule has 0 saturated carbocycles. The normalized spacial score (nSPS) is 19.6. The van der Waals surface area contributed by atoms with E-state index in [9.17, 15) is 14.9 Å². The molecule has 1 amide bonds. The molecular formula is C17H23ClN4O4. The van der Waals surface area contributed by atoms with Gasteiger partial charge >= 0.3 is 6.09 Å². The number of nitrogens with zero attached hydrogens (tertiary/aromatic N) is 4. The molecule has 0 aromatic heterocycles. The van der Waals surface area contributed by atoms with Crippen LogP contribution in [0.15, 0.2) is 18.2 Å². The second-order valence-electron chi connectivity index (χ2n) is 6.89. The van der Waals surface area contributed by atoms with Gasteiger partial charge in [-0.1, -0.05) is 11.6 Å². The van der Waals surface area contributed by atoms with Crippen molar-refractivity contribution >= 4 is 29.1 Å². The number of carboxylic acid groups (broad SMARTS) is 1. The fourth-order valence-electron chi connectivity index (χ4n) is 3.70. The quantitative estimate of drug-likeness (QED) is 0.636. The van der Waals surface area contributed by atoms with Gasteiger partial charge in [0.2, 0.25) is 0 Å². The van der Waals surface area contributed by atoms with E-state index in [1.165, 1.54) is 11.0 Å². The lowest BCUT2D eigenvalue weighted by Gasteiger charge is -2.39. The molecule has 1 N–H and O–H groups in total. The van der Waals surface area contributed by atoms with E-state index in [0.717, 1.165) is 51.3 Å². The minimum absolute atomic E-state index is 0.0678. The third kappa shape index (κ3) is 4.37. The zero-order valence-corrected chi connectivity index (χ0v) is 15.3. The SMILES string of the molecule is O=C(O)N1CCC(CN2CCN(c3ccc([N+](=O)[O-])c(Cl)c3)CC2)CC1. The summed E-state index contributed by atoms with van der Waals surface area (Å²) >= 11 is 6.01. The van der Waals surface area contributed by atoms with Crippen molar-refractivity contribution in [3.63, 3.8) is 0 Å². The van der Waals surface area contributed by atoms with Crippen LogP contribution in [0, 0.1) is 16.0 Å². The molecule has 1 aromatic carbocycles. The number of rotatable bonds is 4. The smallest absolute Gasteiger partial charge is 0.407 e. The maximum Gasteiger partial charge on any atom is 0.407 e. The molecule has 3 rings (SSSR count). The summed E-state index contributed by atoms with van der Waals surface area (Å²) < 4.78 is 0. The fraction of sp³-hybridized carbons (Fsp3) is 0.588. The van der Waals surface area contributed by atoms with Crippen molar-refractivity contribution in [1.82, 2.24) is 9.80 Å². The lowest BCUT2D eigenvalue weighted by atomic mass is 9.96. The Hall–Kier alpha value is -2.06. The largest absolute Gasteiger partial charge is 0.465 e. The number of piperazine rings is 1. The van der Waals surface area contributed by atoms with Gasteiger partial charge in [0, 0.05) is 57.6 Å². The molecule has 0 radical (unpaired) electrons. The Morgan fingerprint density at radius 2 is 1.85 bits per heavy atom. The molecule has 1 aromatic rings. The number of nitro benzene ring substituents is 1. The van der Waals surface area contributed by atoms with E-state index >= 15 is 0 Å². The Balaban J connectivity index is 1.48. The van der Waals surface area contributed by atoms with Gasteiger partial charge in [0.25, 0.3) is 5.69 Å². The van der Waals surface area contributed by atoms with Crippen LogP contribution in [0.4, 0.5) is 16.2 Å². The first-order valence-electron chi connectivity index (χ1n) is 8.83. The van der Waals surface area contributed by atoms with E-state index in [0.29, 0.717) is 19.0 Å². The second-order valence-corrected chi connectivity index (χ2v) is 7.30. The highest BCUT2D eigenvalue weighted by molar-refractivity contribution is 6.32. The maximum atomic E-state index is 11.0. The number of carbonyl (C=O) groups is 1. The van der Waals surface area contributed by atoms with Crippen LogP contribution in [0.2, 0.25) is 5.02 Å². The van der Waals surface area contributed by atoms with Crippen molar-refractivity contribution < 1.29 is 14.8 Å². The molecule has 0 unspecified atom stereocenters. The van der Waals surface area contributed by atoms with Crippen LogP contribution in [-0.2, 0) is 0 Å². The van der Waals surface area contributed by atoms with Crippen molar-refractivity contribution in [2.24, 2.45) is 5.92 Å². The Kier molecular flexibility index (Phi) is 5.83. The summed E-state index contributed by atoms with van der Waals surface area (Å²) in [6.07, 6.45) is 1.02. The molecule has 142 valence electrons. The third-order valence-corrected chi connectivity index (χ3v) is 5.57. The molecule has 2 heterocycles. The van der Waals surface area contributed by atoms with Gasteiger partial charge in [0.05, 0.1) is 4.92 Å². The first-order valence-corrected chi connectivity index (χ1v) is 9.21. The Bertz CT molecular complexity index is 671. The van der Waals surface area contributed by atoms with Crippen molar-refractivity contribution in [1.29, 1.82) is 0 Å². The van der Waals surface area contributed by atoms with E-state index < -0.39 is 11.0 Å². The maximum absolute atomic E-state index is 11.0. The molecule has 2 aliphatic heterocycles. The molecule has 2 fully saturated rings. The Labute approximate surface area is 157 Å². The zero-order chi connectivity index (χ0) is 18.7. The molecule has 0 aliphatic carbocycles. The zero-order valence-electron chi connectivity index (χ0n) is 14.5. The van der Waals surface area contributed by atoms with E-state index in [2.05, 4.69) is 9.80 Å². The lowest BCUT2D eigenvalue weighted by Crippen LogP contribution is -2.49. The highest BCUT2D eigenvalue weighted by atomic mass is 35.5. The van der Waals surface area contributed by atoms with Crippen LogP contribution in [0.5, 0.6) is 0 Å². The second kappa shape index (κ2) is 8.09. The number of likely N-dealkylation sites (tertiary alicyclic amines) is 1. The Morgan fingerprint density at radius 3 is 2.38 bits per heavy atom. The number of amides is 1. The van der Waals surface area contributed by atoms with E-state index in [4.69, 9.17) is 16.7 Å². The van der Waals surface area contributed by atoms with Crippen molar-refractivity contribution in [2.75, 3.05) is 50.7 Å². The molecule has 8 nitrogen and oxygen atoms in total. The van der Waals surface area contributed by atoms with Gasteiger partial charge in [-0.2, -0.15) is 0 Å². The van der Waals surface area contributed by atoms with Gasteiger partial charge in [-0.15, -0.1) is 0 Å². The summed E-state index contributed by atoms with van der Waals surface area (Å²) in [5, 5.41) is 20.0. The number of piperidine rings is 1. The molecule has 9 heteroatoms. The minimum Gasteiger partial charge on any atom is -0.465 e. The highest BCUT2D eigenvalue weighted by Gasteiger charge is 2.26. The summed E-state index contributed by atoms with van der Waals surface area (Å²) in [5.74, 6) is 0.547. The van der Waals surface area contributed by atoms with Gasteiger partial charge in [0.15, 0.2) is 0 Å². The van der Waals surface area contributed by atoms with Crippen LogP contribution in [-0.4, -0.2) is 71.7 Å². The summed E-state index contributed by atoms with van der Waals surface area (Å²) in [6, 6.07) is 4.87. The monoisotopic (exact) mass is 382 g/mol. The average molecular weight is 383 g/mol. The van der Waals surface area contributed by atoms with Crippen molar-refractivity contribution in [2.45, 2.75) is 12.8 Å². The topological polar surface area (TPSA) is 90.2 Å². The number of anilines is 1. The summed E-state index contributed by atoms with van der Waals surface area (Å²) in [7, 11) is 0. The number of benzene rings is 1. The van der Waals surface area contributed by atoms with Crippen molar-refractivity contribution in [3.05, 3.63) is 33.3 Å². The van der Waals surface area contributed by atoms with Crippen molar-refractivity contribution in [3.8, 4) is 0 Å². The Morgan fingerprint density at radius 1 is 1.19 bits per heavy atom. The van der Waals surface area contributed by atoms with Crippen LogP contribution < -0.4 is 4.90 Å². The van der Waals surface area contributed by atoms with Gasteiger partial charge in [-0.05, 0) is 30.9 Å². The van der Waals surface area contributed by atoms with Gasteiger partial charge in [0.1, 0.15) is 5.02 Å². The summed E-state index contributed by atoms with van der Waals surface area (Å²) in [5.41, 5.74) is 0.844. The third-order valence-electron chi connectivity index (χ3n) is 5.27. The highest BCUT2D eigenvalue weighted by Crippen LogP contribution is 2.29. The lowest BCUT2D eigenvalue weighted by molar-refractivity contribution is -0.384. The predicted molar refractivity (Wildman–Crippen MR) is 99.1 cm³/mol. The molecule has 26 heavy (non-hydrogen) atoms. The van der Waals surface area contributed by atoms with Gasteiger partial charge < -0.3 is 14.9 Å². The van der Waals surface area contributed by atoms with E-state index in [1.54, 1.807) is 12.1 Å². The molecule has 2 saturated heterocycles. The molecular weight excluding hydrogens is 360 g/mol. The van der Waals surface area contributed by atoms with Crippen LogP contribution in [0.3, 0.4) is 0 Å². The molecule has 0 spiro atoms. The standard InChI is InChI=1S/C17H23ClN4O4/c18-15-11-14(1-2-16(15)22(25)26)20-9-7-19(8-10-20)12-13-3-5-21(6-4-13)17(23)24/h1-2,11,13H,3-10,12H2,(H,23,24).